The lowest BCUT2D eigenvalue weighted by molar-refractivity contribution is -0.155. The summed E-state index contributed by atoms with van der Waals surface area (Å²) in [6, 6.07) is 5.83. The van der Waals surface area contributed by atoms with E-state index < -0.39 is 5.60 Å². The van der Waals surface area contributed by atoms with Crippen LogP contribution in [0, 0.1) is 13.8 Å². The molecule has 0 aliphatic heterocycles. The molecule has 1 N–H and O–H groups in total. The third-order valence-corrected chi connectivity index (χ3v) is 2.72. The molecule has 1 rings (SSSR count). The van der Waals surface area contributed by atoms with Crippen molar-refractivity contribution in [2.45, 2.75) is 53.1 Å². The van der Waals surface area contributed by atoms with Gasteiger partial charge in [0.25, 0.3) is 0 Å². The SMILES string of the molecule is Cc1cccc(C)c1NC(=O)CCC(=O)OC(C)(C)C. The van der Waals surface area contributed by atoms with Crippen LogP contribution in [0.25, 0.3) is 0 Å². The van der Waals surface area contributed by atoms with Gasteiger partial charge in [0, 0.05) is 12.1 Å². The zero-order valence-electron chi connectivity index (χ0n) is 12.9. The van der Waals surface area contributed by atoms with E-state index in [1.165, 1.54) is 0 Å². The molecule has 0 unspecified atom stereocenters. The fourth-order valence-corrected chi connectivity index (χ4v) is 1.82. The molecule has 1 amide bonds. The molecule has 0 radical (unpaired) electrons. The largest absolute Gasteiger partial charge is 0.460 e. The number of benzene rings is 1. The Morgan fingerprint density at radius 2 is 1.65 bits per heavy atom. The van der Waals surface area contributed by atoms with Gasteiger partial charge in [0.1, 0.15) is 5.60 Å². The summed E-state index contributed by atoms with van der Waals surface area (Å²) in [5.74, 6) is -0.526. The van der Waals surface area contributed by atoms with E-state index in [1.807, 2.05) is 52.8 Å². The van der Waals surface area contributed by atoms with Crippen molar-refractivity contribution >= 4 is 17.6 Å². The van der Waals surface area contributed by atoms with Crippen molar-refractivity contribution in [3.05, 3.63) is 29.3 Å². The lowest BCUT2D eigenvalue weighted by atomic mass is 10.1. The summed E-state index contributed by atoms with van der Waals surface area (Å²) in [7, 11) is 0. The van der Waals surface area contributed by atoms with E-state index in [9.17, 15) is 9.59 Å². The van der Waals surface area contributed by atoms with Crippen molar-refractivity contribution in [1.82, 2.24) is 0 Å². The Kier molecular flexibility index (Phi) is 5.31. The molecule has 4 heteroatoms. The van der Waals surface area contributed by atoms with Crippen molar-refractivity contribution < 1.29 is 14.3 Å². The first-order valence-corrected chi connectivity index (χ1v) is 6.77. The van der Waals surface area contributed by atoms with E-state index in [4.69, 9.17) is 4.74 Å². The molecule has 0 saturated carbocycles. The summed E-state index contributed by atoms with van der Waals surface area (Å²) in [5.41, 5.74) is 2.33. The van der Waals surface area contributed by atoms with Crippen LogP contribution in [0.5, 0.6) is 0 Å². The smallest absolute Gasteiger partial charge is 0.306 e. The van der Waals surface area contributed by atoms with Gasteiger partial charge in [0.15, 0.2) is 0 Å². The molecule has 0 heterocycles. The van der Waals surface area contributed by atoms with Gasteiger partial charge in [-0.05, 0) is 45.7 Å². The number of rotatable bonds is 4. The number of nitrogens with one attached hydrogen (secondary N) is 1. The van der Waals surface area contributed by atoms with Gasteiger partial charge in [-0.15, -0.1) is 0 Å². The number of carbonyl (C=O) groups is 2. The molecule has 0 aliphatic carbocycles. The predicted molar refractivity (Wildman–Crippen MR) is 79.6 cm³/mol. The molecule has 0 aliphatic rings. The average molecular weight is 277 g/mol. The van der Waals surface area contributed by atoms with Gasteiger partial charge in [0.2, 0.25) is 5.91 Å². The maximum atomic E-state index is 11.9. The van der Waals surface area contributed by atoms with Crippen molar-refractivity contribution in [2.75, 3.05) is 5.32 Å². The highest BCUT2D eigenvalue weighted by molar-refractivity contribution is 5.94. The van der Waals surface area contributed by atoms with E-state index in [1.54, 1.807) is 0 Å². The molecule has 110 valence electrons. The Balaban J connectivity index is 2.51. The molecule has 1 aromatic rings. The first kappa shape index (κ1) is 16.2. The highest BCUT2D eigenvalue weighted by Gasteiger charge is 2.17. The second-order valence-corrected chi connectivity index (χ2v) is 5.90. The average Bonchev–Trinajstić information content (AvgIpc) is 2.29. The third-order valence-electron chi connectivity index (χ3n) is 2.72. The molecule has 1 aromatic carbocycles. The molecular formula is C16H23NO3. The maximum absolute atomic E-state index is 11.9. The maximum Gasteiger partial charge on any atom is 0.306 e. The highest BCUT2D eigenvalue weighted by Crippen LogP contribution is 2.19. The summed E-state index contributed by atoms with van der Waals surface area (Å²) >= 11 is 0. The third kappa shape index (κ3) is 5.43. The lowest BCUT2D eigenvalue weighted by Crippen LogP contribution is -2.24. The van der Waals surface area contributed by atoms with E-state index in [2.05, 4.69) is 5.32 Å². The van der Waals surface area contributed by atoms with Crippen LogP contribution in [0.2, 0.25) is 0 Å². The highest BCUT2D eigenvalue weighted by atomic mass is 16.6. The molecule has 20 heavy (non-hydrogen) atoms. The minimum Gasteiger partial charge on any atom is -0.460 e. The van der Waals surface area contributed by atoms with E-state index >= 15 is 0 Å². The van der Waals surface area contributed by atoms with Crippen LogP contribution in [0.3, 0.4) is 0 Å². The van der Waals surface area contributed by atoms with Gasteiger partial charge >= 0.3 is 5.97 Å². The number of esters is 1. The number of hydrogen-bond donors (Lipinski definition) is 1. The molecule has 0 bridgehead atoms. The summed E-state index contributed by atoms with van der Waals surface area (Å²) in [6.07, 6.45) is 0.219. The molecule has 4 nitrogen and oxygen atoms in total. The number of hydrogen-bond acceptors (Lipinski definition) is 3. The first-order valence-electron chi connectivity index (χ1n) is 6.77. The van der Waals surface area contributed by atoms with Crippen LogP contribution in [-0.4, -0.2) is 17.5 Å². The summed E-state index contributed by atoms with van der Waals surface area (Å²) < 4.78 is 5.17. The lowest BCUT2D eigenvalue weighted by Gasteiger charge is -2.19. The Labute approximate surface area is 120 Å². The van der Waals surface area contributed by atoms with E-state index in [0.717, 1.165) is 16.8 Å². The number of carbonyl (C=O) groups excluding carboxylic acids is 2. The fourth-order valence-electron chi connectivity index (χ4n) is 1.82. The zero-order valence-corrected chi connectivity index (χ0v) is 12.9. The second-order valence-electron chi connectivity index (χ2n) is 5.90. The van der Waals surface area contributed by atoms with Gasteiger partial charge in [0.05, 0.1) is 6.42 Å². The summed E-state index contributed by atoms with van der Waals surface area (Å²) in [4.78, 5) is 23.4. The van der Waals surface area contributed by atoms with E-state index in [-0.39, 0.29) is 24.7 Å². The summed E-state index contributed by atoms with van der Waals surface area (Å²) in [5, 5.41) is 2.85. The fraction of sp³-hybridized carbons (Fsp3) is 0.500. The predicted octanol–water partition coefficient (Wildman–Crippen LogP) is 3.36. The number of aryl methyl sites for hydroxylation is 2. The van der Waals surface area contributed by atoms with Crippen molar-refractivity contribution in [3.8, 4) is 0 Å². The number of anilines is 1. The topological polar surface area (TPSA) is 55.4 Å². The summed E-state index contributed by atoms with van der Waals surface area (Å²) in [6.45, 7) is 9.30. The Bertz CT molecular complexity index is 481. The number of amides is 1. The molecule has 0 fully saturated rings. The second kappa shape index (κ2) is 6.55. The molecular weight excluding hydrogens is 254 g/mol. The molecule has 0 spiro atoms. The zero-order chi connectivity index (χ0) is 15.3. The van der Waals surface area contributed by atoms with Crippen LogP contribution in [0.4, 0.5) is 5.69 Å². The van der Waals surface area contributed by atoms with Crippen LogP contribution >= 0.6 is 0 Å². The minimum absolute atomic E-state index is 0.0913. The van der Waals surface area contributed by atoms with Crippen molar-refractivity contribution in [2.24, 2.45) is 0 Å². The van der Waals surface area contributed by atoms with Crippen LogP contribution in [0.1, 0.15) is 44.7 Å². The van der Waals surface area contributed by atoms with Gasteiger partial charge in [-0.1, -0.05) is 18.2 Å². The standard InChI is InChI=1S/C16H23NO3/c1-11-7-6-8-12(2)15(11)17-13(18)9-10-14(19)20-16(3,4)5/h6-8H,9-10H2,1-5H3,(H,17,18). The molecule has 0 saturated heterocycles. The number of para-hydroxylation sites is 1. The van der Waals surface area contributed by atoms with Crippen LogP contribution < -0.4 is 5.32 Å². The quantitative estimate of drug-likeness (QED) is 0.858. The van der Waals surface area contributed by atoms with Gasteiger partial charge in [-0.25, -0.2) is 0 Å². The van der Waals surface area contributed by atoms with Gasteiger partial charge < -0.3 is 10.1 Å². The van der Waals surface area contributed by atoms with Crippen molar-refractivity contribution in [3.63, 3.8) is 0 Å². The number of ether oxygens (including phenoxy) is 1. The van der Waals surface area contributed by atoms with Crippen molar-refractivity contribution in [1.29, 1.82) is 0 Å². The Hall–Kier alpha value is -1.84. The van der Waals surface area contributed by atoms with Gasteiger partial charge in [-0.3, -0.25) is 9.59 Å². The van der Waals surface area contributed by atoms with Crippen LogP contribution in [-0.2, 0) is 14.3 Å². The normalized spacial score (nSPS) is 11.1. The molecule has 0 atom stereocenters. The van der Waals surface area contributed by atoms with Gasteiger partial charge in [-0.2, -0.15) is 0 Å². The molecule has 0 aromatic heterocycles. The monoisotopic (exact) mass is 277 g/mol. The Morgan fingerprint density at radius 3 is 2.15 bits per heavy atom. The van der Waals surface area contributed by atoms with Crippen LogP contribution in [0.15, 0.2) is 18.2 Å². The van der Waals surface area contributed by atoms with E-state index in [0.29, 0.717) is 0 Å². The minimum atomic E-state index is -0.514. The first-order chi connectivity index (χ1) is 9.19. The Morgan fingerprint density at radius 1 is 1.10 bits per heavy atom.